The first-order valence-corrected chi connectivity index (χ1v) is 7.93. The van der Waals surface area contributed by atoms with Gasteiger partial charge in [0.1, 0.15) is 17.9 Å². The molecule has 130 valence electrons. The molecule has 0 unspecified atom stereocenters. The summed E-state index contributed by atoms with van der Waals surface area (Å²) >= 11 is 0. The Bertz CT molecular complexity index is 889. The fourth-order valence-corrected chi connectivity index (χ4v) is 2.33. The van der Waals surface area contributed by atoms with Crippen molar-refractivity contribution in [3.63, 3.8) is 0 Å². The average molecular weight is 340 g/mol. The molecule has 0 radical (unpaired) electrons. The number of benzene rings is 1. The summed E-state index contributed by atoms with van der Waals surface area (Å²) in [5, 5.41) is 7.47. The van der Waals surface area contributed by atoms with E-state index < -0.39 is 0 Å². The number of carbonyl (C=O) groups is 1. The Labute approximate surface area is 145 Å². The first-order valence-electron chi connectivity index (χ1n) is 7.93. The third kappa shape index (κ3) is 3.95. The number of hydrogen-bond donors (Lipinski definition) is 1. The number of ether oxygens (including phenoxy) is 1. The van der Waals surface area contributed by atoms with E-state index in [2.05, 4.69) is 15.5 Å². The second-order valence-corrected chi connectivity index (χ2v) is 6.01. The molecule has 0 aliphatic carbocycles. The van der Waals surface area contributed by atoms with Crippen LogP contribution in [-0.2, 0) is 0 Å². The molecule has 0 saturated carbocycles. The molecule has 0 fully saturated rings. The molecule has 1 amide bonds. The molecule has 1 aromatic carbocycles. The lowest BCUT2D eigenvalue weighted by atomic mass is 10.2. The van der Waals surface area contributed by atoms with Crippen molar-refractivity contribution in [2.24, 2.45) is 0 Å². The molecule has 7 heteroatoms. The predicted molar refractivity (Wildman–Crippen MR) is 95.0 cm³/mol. The van der Waals surface area contributed by atoms with Gasteiger partial charge >= 0.3 is 0 Å². The molecule has 0 atom stereocenters. The minimum absolute atomic E-state index is 0.343. The molecule has 0 spiro atoms. The van der Waals surface area contributed by atoms with E-state index in [1.54, 1.807) is 12.3 Å². The van der Waals surface area contributed by atoms with Gasteiger partial charge in [-0.1, -0.05) is 16.8 Å². The van der Waals surface area contributed by atoms with Gasteiger partial charge in [-0.15, -0.1) is 0 Å². The first-order chi connectivity index (χ1) is 12.0. The molecule has 3 rings (SSSR count). The van der Waals surface area contributed by atoms with E-state index in [1.807, 2.05) is 44.1 Å². The summed E-state index contributed by atoms with van der Waals surface area (Å²) in [6, 6.07) is 7.35. The Morgan fingerprint density at radius 3 is 2.96 bits per heavy atom. The van der Waals surface area contributed by atoms with E-state index in [9.17, 15) is 4.79 Å². The minimum atomic E-state index is -0.343. The van der Waals surface area contributed by atoms with Gasteiger partial charge in [-0.2, -0.15) is 0 Å². The van der Waals surface area contributed by atoms with Gasteiger partial charge in [0.2, 0.25) is 0 Å². The highest BCUT2D eigenvalue weighted by atomic mass is 16.5. The number of nitrogens with one attached hydrogen (secondary N) is 1. The zero-order valence-electron chi connectivity index (χ0n) is 14.4. The molecule has 0 aliphatic heterocycles. The predicted octanol–water partition coefficient (Wildman–Crippen LogP) is 2.72. The third-order valence-corrected chi connectivity index (χ3v) is 3.68. The van der Waals surface area contributed by atoms with Gasteiger partial charge in [0.15, 0.2) is 11.4 Å². The molecule has 2 heterocycles. The van der Waals surface area contributed by atoms with Crippen molar-refractivity contribution in [3.05, 3.63) is 47.8 Å². The van der Waals surface area contributed by atoms with Crippen LogP contribution in [0.15, 0.2) is 41.2 Å². The summed E-state index contributed by atoms with van der Waals surface area (Å²) < 4.78 is 11.0. The second-order valence-electron chi connectivity index (χ2n) is 6.01. The monoisotopic (exact) mass is 340 g/mol. The zero-order chi connectivity index (χ0) is 17.8. The van der Waals surface area contributed by atoms with E-state index in [0.717, 1.165) is 17.5 Å². The van der Waals surface area contributed by atoms with Gasteiger partial charge in [-0.3, -0.25) is 9.78 Å². The summed E-state index contributed by atoms with van der Waals surface area (Å²) in [6.45, 7) is 3.19. The Morgan fingerprint density at radius 1 is 1.32 bits per heavy atom. The molecule has 1 N–H and O–H groups in total. The van der Waals surface area contributed by atoms with Crippen molar-refractivity contribution < 1.29 is 14.1 Å². The SMILES string of the molecule is Cc1ccc2onc(NC(=O)c3cnccc3OCCN(C)C)c2c1. The first kappa shape index (κ1) is 16.9. The van der Waals surface area contributed by atoms with E-state index in [1.165, 1.54) is 6.20 Å². The second kappa shape index (κ2) is 7.31. The quantitative estimate of drug-likeness (QED) is 0.743. The maximum Gasteiger partial charge on any atom is 0.262 e. The number of aryl methyl sites for hydroxylation is 1. The van der Waals surface area contributed by atoms with Crippen molar-refractivity contribution in [2.75, 3.05) is 32.6 Å². The van der Waals surface area contributed by atoms with Gasteiger partial charge in [-0.25, -0.2) is 0 Å². The Morgan fingerprint density at radius 2 is 2.16 bits per heavy atom. The Hall–Kier alpha value is -2.93. The molecule has 25 heavy (non-hydrogen) atoms. The summed E-state index contributed by atoms with van der Waals surface area (Å²) in [6.07, 6.45) is 3.07. The van der Waals surface area contributed by atoms with Crippen LogP contribution in [0.4, 0.5) is 5.82 Å². The van der Waals surface area contributed by atoms with Crippen molar-refractivity contribution in [1.82, 2.24) is 15.0 Å². The van der Waals surface area contributed by atoms with E-state index in [0.29, 0.717) is 29.3 Å². The molecule has 0 saturated heterocycles. The fraction of sp³-hybridized carbons (Fsp3) is 0.278. The summed E-state index contributed by atoms with van der Waals surface area (Å²) in [5.74, 6) is 0.523. The number of likely N-dealkylation sites (N-methyl/N-ethyl adjacent to an activating group) is 1. The summed E-state index contributed by atoms with van der Waals surface area (Å²) in [5.41, 5.74) is 2.03. The van der Waals surface area contributed by atoms with Crippen LogP contribution in [0.25, 0.3) is 11.0 Å². The van der Waals surface area contributed by atoms with Gasteiger partial charge in [0, 0.05) is 18.9 Å². The largest absolute Gasteiger partial charge is 0.491 e. The highest BCUT2D eigenvalue weighted by Gasteiger charge is 2.17. The summed E-state index contributed by atoms with van der Waals surface area (Å²) in [4.78, 5) is 18.7. The molecule has 0 aliphatic rings. The topological polar surface area (TPSA) is 80.5 Å². The number of hydrogen-bond acceptors (Lipinski definition) is 6. The Kier molecular flexibility index (Phi) is 4.95. The molecule has 2 aromatic heterocycles. The summed E-state index contributed by atoms with van der Waals surface area (Å²) in [7, 11) is 3.92. The van der Waals surface area contributed by atoms with Crippen molar-refractivity contribution >= 4 is 22.7 Å². The number of carbonyl (C=O) groups excluding carboxylic acids is 1. The van der Waals surface area contributed by atoms with Gasteiger partial charge in [0.25, 0.3) is 5.91 Å². The third-order valence-electron chi connectivity index (χ3n) is 3.68. The van der Waals surface area contributed by atoms with Crippen LogP contribution >= 0.6 is 0 Å². The molecule has 0 bridgehead atoms. The van der Waals surface area contributed by atoms with Gasteiger partial charge < -0.3 is 19.5 Å². The lowest BCUT2D eigenvalue weighted by molar-refractivity contribution is 0.102. The molecule has 7 nitrogen and oxygen atoms in total. The van der Waals surface area contributed by atoms with Crippen molar-refractivity contribution in [2.45, 2.75) is 6.92 Å². The van der Waals surface area contributed by atoms with Gasteiger partial charge in [0.05, 0.1) is 5.39 Å². The van der Waals surface area contributed by atoms with Gasteiger partial charge in [-0.05, 0) is 39.2 Å². The normalized spacial score (nSPS) is 11.0. The number of amides is 1. The lowest BCUT2D eigenvalue weighted by Gasteiger charge is -2.13. The number of pyridine rings is 1. The fourth-order valence-electron chi connectivity index (χ4n) is 2.33. The van der Waals surface area contributed by atoms with E-state index in [-0.39, 0.29) is 5.91 Å². The van der Waals surface area contributed by atoms with E-state index in [4.69, 9.17) is 9.26 Å². The number of aromatic nitrogens is 2. The molecular formula is C18H20N4O3. The van der Waals surface area contributed by atoms with Crippen molar-refractivity contribution in [1.29, 1.82) is 0 Å². The zero-order valence-corrected chi connectivity index (χ0v) is 14.4. The number of anilines is 1. The van der Waals surface area contributed by atoms with Crippen molar-refractivity contribution in [3.8, 4) is 5.75 Å². The Balaban J connectivity index is 1.80. The number of rotatable bonds is 6. The smallest absolute Gasteiger partial charge is 0.262 e. The van der Waals surface area contributed by atoms with Crippen LogP contribution in [0, 0.1) is 6.92 Å². The average Bonchev–Trinajstić information content (AvgIpc) is 2.97. The highest BCUT2D eigenvalue weighted by molar-refractivity contribution is 6.08. The van der Waals surface area contributed by atoms with Crippen LogP contribution in [0.5, 0.6) is 5.75 Å². The molecular weight excluding hydrogens is 320 g/mol. The lowest BCUT2D eigenvalue weighted by Crippen LogP contribution is -2.21. The minimum Gasteiger partial charge on any atom is -0.491 e. The highest BCUT2D eigenvalue weighted by Crippen LogP contribution is 2.25. The van der Waals surface area contributed by atoms with Crippen LogP contribution < -0.4 is 10.1 Å². The van der Waals surface area contributed by atoms with Crippen LogP contribution in [0.2, 0.25) is 0 Å². The van der Waals surface area contributed by atoms with E-state index >= 15 is 0 Å². The molecule has 3 aromatic rings. The van der Waals surface area contributed by atoms with Crippen LogP contribution in [-0.4, -0.2) is 48.2 Å². The van der Waals surface area contributed by atoms with Crippen LogP contribution in [0.1, 0.15) is 15.9 Å². The standard InChI is InChI=1S/C18H20N4O3/c1-12-4-5-16-13(10-12)17(21-25-16)20-18(23)14-11-19-7-6-15(14)24-9-8-22(2)3/h4-7,10-11H,8-9H2,1-3H3,(H,20,21,23). The maximum atomic E-state index is 12.6. The number of nitrogens with zero attached hydrogens (tertiary/aromatic N) is 3. The van der Waals surface area contributed by atoms with Crippen LogP contribution in [0.3, 0.4) is 0 Å². The number of fused-ring (bicyclic) bond motifs is 1. The maximum absolute atomic E-state index is 12.6.